The molecule has 4 aromatic rings. The van der Waals surface area contributed by atoms with E-state index >= 15 is 0 Å². The Hall–Kier alpha value is -2.30. The lowest BCUT2D eigenvalue weighted by atomic mass is 9.75. The summed E-state index contributed by atoms with van der Waals surface area (Å²) in [5.74, 6) is 0.879. The van der Waals surface area contributed by atoms with Crippen LogP contribution in [0.1, 0.15) is 36.9 Å². The fraction of sp³-hybridized carbons (Fsp3) is 0.227. The second-order valence-corrected chi connectivity index (χ2v) is 8.73. The van der Waals surface area contributed by atoms with Gasteiger partial charge >= 0.3 is 5.13 Å². The van der Waals surface area contributed by atoms with Gasteiger partial charge in [-0.25, -0.2) is 4.98 Å². The van der Waals surface area contributed by atoms with Gasteiger partial charge in [-0.1, -0.05) is 54.8 Å². The van der Waals surface area contributed by atoms with Crippen LogP contribution in [-0.4, -0.2) is 0 Å². The zero-order chi connectivity index (χ0) is 18.4. The van der Waals surface area contributed by atoms with E-state index in [0.29, 0.717) is 5.13 Å². The van der Waals surface area contributed by atoms with Gasteiger partial charge in [0, 0.05) is 10.4 Å². The van der Waals surface area contributed by atoms with Gasteiger partial charge in [-0.15, -0.1) is 0 Å². The predicted molar refractivity (Wildman–Crippen MR) is 111 cm³/mol. The highest BCUT2D eigenvalue weighted by Gasteiger charge is 2.44. The molecule has 5 rings (SSSR count). The normalized spacial score (nSPS) is 16.2. The Morgan fingerprint density at radius 1 is 1.04 bits per heavy atom. The molecule has 0 radical (unpaired) electrons. The molecule has 5 heteroatoms. The second kappa shape index (κ2) is 6.39. The van der Waals surface area contributed by atoms with Gasteiger partial charge in [-0.2, -0.15) is 0 Å². The Morgan fingerprint density at radius 3 is 2.52 bits per heavy atom. The summed E-state index contributed by atoms with van der Waals surface area (Å²) in [6.07, 6.45) is 4.58. The van der Waals surface area contributed by atoms with E-state index < -0.39 is 0 Å². The summed E-state index contributed by atoms with van der Waals surface area (Å²) in [6.45, 7) is 0. The zero-order valence-electron chi connectivity index (χ0n) is 14.8. The van der Waals surface area contributed by atoms with E-state index in [9.17, 15) is 0 Å². The van der Waals surface area contributed by atoms with Crippen molar-refractivity contribution in [3.05, 3.63) is 70.9 Å². The van der Waals surface area contributed by atoms with Crippen LogP contribution in [-0.2, 0) is 5.41 Å². The number of hydrogen-bond donors (Lipinski definition) is 1. The van der Waals surface area contributed by atoms with E-state index in [0.717, 1.165) is 39.5 Å². The second-order valence-electron chi connectivity index (χ2n) is 7.24. The van der Waals surface area contributed by atoms with Crippen molar-refractivity contribution in [1.29, 1.82) is 0 Å². The maximum absolute atomic E-state index is 6.24. The third-order valence-corrected chi connectivity index (χ3v) is 6.85. The number of thiazole rings is 1. The lowest BCUT2D eigenvalue weighted by Crippen LogP contribution is -2.31. The minimum absolute atomic E-state index is 0.0764. The number of aromatic nitrogens is 1. The molecule has 0 aliphatic heterocycles. The predicted octanol–water partition coefficient (Wildman–Crippen LogP) is 6.07. The summed E-state index contributed by atoms with van der Waals surface area (Å²) in [4.78, 5) is 4.58. The number of halogens is 1. The maximum Gasteiger partial charge on any atom is 0.330 e. The summed E-state index contributed by atoms with van der Waals surface area (Å²) < 4.78 is 6.18. The first-order valence-electron chi connectivity index (χ1n) is 9.23. The first-order chi connectivity index (χ1) is 13.2. The number of H-pyrrole nitrogens is 1. The fourth-order valence-corrected chi connectivity index (χ4v) is 5.45. The van der Waals surface area contributed by atoms with Crippen molar-refractivity contribution in [1.82, 2.24) is 0 Å². The molecule has 0 atom stereocenters. The van der Waals surface area contributed by atoms with Crippen molar-refractivity contribution >= 4 is 39.0 Å². The van der Waals surface area contributed by atoms with Crippen molar-refractivity contribution in [2.75, 3.05) is 5.73 Å². The molecule has 27 heavy (non-hydrogen) atoms. The SMILES string of the molecule is Nc1[nH+]c(C2(c3ccc(Cl)cc3)CCCC2)c(-c2cc3ccccc3o2)s1. The summed E-state index contributed by atoms with van der Waals surface area (Å²) in [5.41, 5.74) is 9.52. The van der Waals surface area contributed by atoms with Crippen LogP contribution in [0.3, 0.4) is 0 Å². The number of furan rings is 1. The molecule has 136 valence electrons. The van der Waals surface area contributed by atoms with E-state index in [-0.39, 0.29) is 5.41 Å². The number of rotatable bonds is 3. The zero-order valence-corrected chi connectivity index (χ0v) is 16.4. The molecule has 3 nitrogen and oxygen atoms in total. The van der Waals surface area contributed by atoms with Crippen LogP contribution in [0.15, 0.2) is 59.0 Å². The molecular formula is C22H20ClN2OS+. The van der Waals surface area contributed by atoms with Crippen molar-refractivity contribution in [2.45, 2.75) is 31.1 Å². The number of anilines is 1. The lowest BCUT2D eigenvalue weighted by molar-refractivity contribution is -0.372. The average Bonchev–Trinajstić information content (AvgIpc) is 3.40. The first kappa shape index (κ1) is 16.8. The van der Waals surface area contributed by atoms with Gasteiger partial charge in [0.25, 0.3) is 0 Å². The molecule has 1 aliphatic rings. The van der Waals surface area contributed by atoms with E-state index in [1.165, 1.54) is 24.1 Å². The maximum atomic E-state index is 6.24. The molecule has 2 heterocycles. The molecule has 0 bridgehead atoms. The fourth-order valence-electron chi connectivity index (χ4n) is 4.40. The van der Waals surface area contributed by atoms with Gasteiger partial charge in [0.05, 0.1) is 5.41 Å². The Morgan fingerprint density at radius 2 is 1.78 bits per heavy atom. The largest absolute Gasteiger partial charge is 0.455 e. The van der Waals surface area contributed by atoms with Crippen molar-refractivity contribution < 1.29 is 9.40 Å². The Bertz CT molecular complexity index is 1070. The summed E-state index contributed by atoms with van der Waals surface area (Å²) in [6, 6.07) is 18.5. The number of aromatic amines is 1. The van der Waals surface area contributed by atoms with Crippen molar-refractivity contribution in [2.24, 2.45) is 0 Å². The minimum Gasteiger partial charge on any atom is -0.455 e. The van der Waals surface area contributed by atoms with E-state index in [1.54, 1.807) is 11.3 Å². The van der Waals surface area contributed by atoms with Crippen LogP contribution in [0.5, 0.6) is 0 Å². The van der Waals surface area contributed by atoms with Crippen LogP contribution in [0.2, 0.25) is 5.02 Å². The number of fused-ring (bicyclic) bond motifs is 1. The Balaban J connectivity index is 1.71. The Labute approximate surface area is 166 Å². The lowest BCUT2D eigenvalue weighted by Gasteiger charge is -2.27. The molecule has 0 amide bonds. The monoisotopic (exact) mass is 395 g/mol. The number of para-hydroxylation sites is 1. The van der Waals surface area contributed by atoms with Gasteiger partial charge in [0.1, 0.15) is 21.9 Å². The number of nitrogen functional groups attached to an aromatic ring is 1. The number of benzene rings is 2. The molecule has 1 aliphatic carbocycles. The smallest absolute Gasteiger partial charge is 0.330 e. The first-order valence-corrected chi connectivity index (χ1v) is 10.4. The number of nitrogens with two attached hydrogens (primary N) is 1. The van der Waals surface area contributed by atoms with E-state index in [4.69, 9.17) is 21.8 Å². The number of hydrogen-bond acceptors (Lipinski definition) is 3. The summed E-state index contributed by atoms with van der Waals surface area (Å²) in [5, 5.41) is 2.58. The molecule has 0 spiro atoms. The molecule has 0 saturated heterocycles. The molecule has 1 fully saturated rings. The van der Waals surface area contributed by atoms with Crippen LogP contribution in [0.25, 0.3) is 21.6 Å². The van der Waals surface area contributed by atoms with E-state index in [2.05, 4.69) is 29.2 Å². The molecule has 2 aromatic heterocycles. The standard InChI is InChI=1S/C22H19ClN2OS/c23-16-9-7-15(8-10-16)22(11-3-4-12-22)20-19(27-21(24)25-20)18-13-14-5-1-2-6-17(14)26-18/h1-2,5-10,13H,3-4,11-12H2,(H2,24,25)/p+1. The molecule has 1 saturated carbocycles. The Kier molecular flexibility index (Phi) is 3.99. The van der Waals surface area contributed by atoms with E-state index in [1.807, 2.05) is 30.3 Å². The highest BCUT2D eigenvalue weighted by atomic mass is 35.5. The van der Waals surface area contributed by atoms with Crippen LogP contribution < -0.4 is 10.7 Å². The molecular weight excluding hydrogens is 376 g/mol. The average molecular weight is 396 g/mol. The van der Waals surface area contributed by atoms with Crippen LogP contribution >= 0.6 is 22.9 Å². The van der Waals surface area contributed by atoms with Crippen molar-refractivity contribution in [3.63, 3.8) is 0 Å². The minimum atomic E-state index is -0.0764. The summed E-state index contributed by atoms with van der Waals surface area (Å²) in [7, 11) is 0. The molecule has 2 aromatic carbocycles. The number of nitrogens with one attached hydrogen (secondary N) is 1. The van der Waals surface area contributed by atoms with Crippen molar-refractivity contribution in [3.8, 4) is 10.6 Å². The topological polar surface area (TPSA) is 53.3 Å². The highest BCUT2D eigenvalue weighted by molar-refractivity contribution is 7.18. The van der Waals surface area contributed by atoms with Crippen LogP contribution in [0.4, 0.5) is 5.13 Å². The van der Waals surface area contributed by atoms with Gasteiger partial charge < -0.3 is 4.42 Å². The highest BCUT2D eigenvalue weighted by Crippen LogP contribution is 2.50. The van der Waals surface area contributed by atoms with Gasteiger partial charge in [-0.05, 0) is 54.0 Å². The molecule has 0 unspecified atom stereocenters. The third kappa shape index (κ3) is 2.75. The third-order valence-electron chi connectivity index (χ3n) is 5.67. The summed E-state index contributed by atoms with van der Waals surface area (Å²) >= 11 is 7.71. The van der Waals surface area contributed by atoms with Gasteiger partial charge in [0.2, 0.25) is 0 Å². The van der Waals surface area contributed by atoms with Crippen LogP contribution in [0, 0.1) is 0 Å². The molecule has 3 N–H and O–H groups in total. The quantitative estimate of drug-likeness (QED) is 0.457. The van der Waals surface area contributed by atoms with Gasteiger partial charge in [0.15, 0.2) is 0 Å². The van der Waals surface area contributed by atoms with Gasteiger partial charge in [-0.3, -0.25) is 5.73 Å².